The van der Waals surface area contributed by atoms with Crippen molar-refractivity contribution in [2.75, 3.05) is 13.7 Å². The quantitative estimate of drug-likeness (QED) is 0.516. The maximum Gasteiger partial charge on any atom is 0.270 e. The largest absolute Gasteiger partial charge is 0.373 e. The third-order valence-electron chi connectivity index (χ3n) is 5.67. The van der Waals surface area contributed by atoms with E-state index in [-0.39, 0.29) is 29.9 Å². The van der Waals surface area contributed by atoms with Crippen LogP contribution < -0.4 is 5.56 Å². The third-order valence-corrected chi connectivity index (χ3v) is 5.67. The number of rotatable bonds is 2. The van der Waals surface area contributed by atoms with Crippen molar-refractivity contribution in [1.29, 1.82) is 0 Å². The number of nitrogens with one attached hydrogen (secondary N) is 2. The van der Waals surface area contributed by atoms with Crippen LogP contribution in [0.3, 0.4) is 0 Å². The minimum atomic E-state index is -1.10. The molecule has 0 spiro atoms. The van der Waals surface area contributed by atoms with E-state index in [9.17, 15) is 18.4 Å². The zero-order chi connectivity index (χ0) is 21.9. The van der Waals surface area contributed by atoms with Crippen LogP contribution in [0.4, 0.5) is 8.78 Å². The van der Waals surface area contributed by atoms with Gasteiger partial charge in [0.2, 0.25) is 0 Å². The molecule has 7 nitrogen and oxygen atoms in total. The molecule has 9 heteroatoms. The number of aromatic nitrogens is 3. The molecule has 4 heterocycles. The van der Waals surface area contributed by atoms with E-state index < -0.39 is 23.2 Å². The molecular formula is C22H18F2N4O3. The van der Waals surface area contributed by atoms with Crippen LogP contribution in [0.25, 0.3) is 21.8 Å². The topological polar surface area (TPSA) is 91.1 Å². The Balaban J connectivity index is 1.61. The number of hydrogen-bond donors (Lipinski definition) is 2. The van der Waals surface area contributed by atoms with Crippen molar-refractivity contribution in [3.8, 4) is 0 Å². The summed E-state index contributed by atoms with van der Waals surface area (Å²) in [5, 5.41) is 0.287. The molecule has 2 N–H and O–H groups in total. The molecule has 1 aromatic carbocycles. The lowest BCUT2D eigenvalue weighted by Crippen LogP contribution is -2.37. The van der Waals surface area contributed by atoms with Gasteiger partial charge >= 0.3 is 0 Å². The number of amides is 1. The van der Waals surface area contributed by atoms with Crippen LogP contribution in [0.15, 0.2) is 35.1 Å². The zero-order valence-corrected chi connectivity index (χ0v) is 16.8. The minimum Gasteiger partial charge on any atom is -0.373 e. The van der Waals surface area contributed by atoms with Gasteiger partial charge in [-0.1, -0.05) is 0 Å². The molecule has 5 rings (SSSR count). The molecular weight excluding hydrogens is 406 g/mol. The molecule has 1 atom stereocenters. The van der Waals surface area contributed by atoms with E-state index in [0.29, 0.717) is 22.5 Å². The first-order chi connectivity index (χ1) is 14.8. The second kappa shape index (κ2) is 6.98. The number of aromatic amines is 2. The minimum absolute atomic E-state index is 0.0238. The summed E-state index contributed by atoms with van der Waals surface area (Å²) in [6, 6.07) is 6.64. The maximum absolute atomic E-state index is 14.0. The summed E-state index contributed by atoms with van der Waals surface area (Å²) in [6.07, 6.45) is 0. The molecule has 0 saturated heterocycles. The van der Waals surface area contributed by atoms with Gasteiger partial charge in [-0.3, -0.25) is 14.6 Å². The van der Waals surface area contributed by atoms with Crippen molar-refractivity contribution in [3.05, 3.63) is 75.0 Å². The highest BCUT2D eigenvalue weighted by Gasteiger charge is 2.32. The number of carbonyl (C=O) groups is 1. The molecule has 31 heavy (non-hydrogen) atoms. The molecule has 0 aliphatic carbocycles. The number of pyridine rings is 2. The van der Waals surface area contributed by atoms with Crippen LogP contribution in [0.1, 0.15) is 33.5 Å². The molecule has 3 aromatic heterocycles. The van der Waals surface area contributed by atoms with E-state index in [4.69, 9.17) is 4.74 Å². The van der Waals surface area contributed by atoms with Gasteiger partial charge in [0.15, 0.2) is 11.6 Å². The molecule has 0 unspecified atom stereocenters. The summed E-state index contributed by atoms with van der Waals surface area (Å²) in [6.45, 7) is 2.12. The molecule has 0 bridgehead atoms. The number of carbonyl (C=O) groups excluding carboxylic acids is 1. The molecule has 1 aliphatic heterocycles. The molecule has 0 fully saturated rings. The van der Waals surface area contributed by atoms with Gasteiger partial charge in [-0.2, -0.15) is 0 Å². The van der Waals surface area contributed by atoms with Gasteiger partial charge < -0.3 is 19.6 Å². The summed E-state index contributed by atoms with van der Waals surface area (Å²) in [5.74, 6) is -2.48. The third kappa shape index (κ3) is 3.09. The summed E-state index contributed by atoms with van der Waals surface area (Å²) >= 11 is 0. The number of benzene rings is 1. The van der Waals surface area contributed by atoms with Crippen LogP contribution in [-0.4, -0.2) is 39.4 Å². The number of fused-ring (bicyclic) bond motifs is 4. The molecule has 1 amide bonds. The molecule has 1 aliphatic rings. The van der Waals surface area contributed by atoms with Gasteiger partial charge in [-0.05, 0) is 42.6 Å². The summed E-state index contributed by atoms with van der Waals surface area (Å²) in [7, 11) is 1.60. The average molecular weight is 424 g/mol. The van der Waals surface area contributed by atoms with Crippen LogP contribution in [0, 0.1) is 18.6 Å². The fraction of sp³-hybridized carbons (Fsp3) is 0.227. The highest BCUT2D eigenvalue weighted by Crippen LogP contribution is 2.34. The van der Waals surface area contributed by atoms with Crippen molar-refractivity contribution in [2.45, 2.75) is 19.6 Å². The predicted molar refractivity (Wildman–Crippen MR) is 110 cm³/mol. The van der Waals surface area contributed by atoms with E-state index in [2.05, 4.69) is 15.0 Å². The average Bonchev–Trinajstić information content (AvgIpc) is 3.17. The van der Waals surface area contributed by atoms with Gasteiger partial charge in [-0.25, -0.2) is 8.78 Å². The van der Waals surface area contributed by atoms with E-state index in [1.807, 2.05) is 19.1 Å². The number of likely N-dealkylation sites (N-methyl/N-ethyl adjacent to an activating group) is 1. The fourth-order valence-corrected chi connectivity index (χ4v) is 4.10. The molecule has 4 aromatic rings. The first-order valence-corrected chi connectivity index (χ1v) is 9.68. The zero-order valence-electron chi connectivity index (χ0n) is 16.8. The maximum atomic E-state index is 14.0. The standard InChI is InChI=1S/C22H18F2N4O3/c1-10-3-4-15-16(25-10)7-17(26-15)22(30)28(2)19-9-31-8-18-20(19)11-5-13(23)14(24)6-12(11)21(29)27-18/h3-7,19,26H,8-9H2,1-2H3,(H,27,29)/t19-/m1/s1. The number of halogens is 2. The second-order valence-corrected chi connectivity index (χ2v) is 7.67. The molecule has 0 saturated carbocycles. The fourth-order valence-electron chi connectivity index (χ4n) is 4.10. The Morgan fingerprint density at radius 1 is 1.16 bits per heavy atom. The number of H-pyrrole nitrogens is 2. The Morgan fingerprint density at radius 3 is 2.68 bits per heavy atom. The van der Waals surface area contributed by atoms with Crippen LogP contribution in [0.2, 0.25) is 0 Å². The Labute approximate surface area is 174 Å². The molecule has 0 radical (unpaired) electrons. The van der Waals surface area contributed by atoms with Crippen molar-refractivity contribution < 1.29 is 18.3 Å². The van der Waals surface area contributed by atoms with Crippen molar-refractivity contribution in [1.82, 2.24) is 19.9 Å². The first-order valence-electron chi connectivity index (χ1n) is 9.68. The normalized spacial score (nSPS) is 15.9. The number of ether oxygens (including phenoxy) is 1. The summed E-state index contributed by atoms with van der Waals surface area (Å²) in [4.78, 5) is 37.2. The second-order valence-electron chi connectivity index (χ2n) is 7.67. The number of hydrogen-bond acceptors (Lipinski definition) is 4. The highest BCUT2D eigenvalue weighted by atomic mass is 19.2. The van der Waals surface area contributed by atoms with Crippen molar-refractivity contribution >= 4 is 27.7 Å². The Morgan fingerprint density at radius 2 is 1.90 bits per heavy atom. The first kappa shape index (κ1) is 19.4. The van der Waals surface area contributed by atoms with Gasteiger partial charge in [0.1, 0.15) is 5.69 Å². The van der Waals surface area contributed by atoms with Crippen molar-refractivity contribution in [2.24, 2.45) is 0 Å². The van der Waals surface area contributed by atoms with E-state index in [1.54, 1.807) is 13.1 Å². The lowest BCUT2D eigenvalue weighted by molar-refractivity contribution is 0.0333. The SMILES string of the molecule is Cc1ccc2[nH]c(C(=O)N(C)[C@@H]3COCc4[nH]c(=O)c5cc(F)c(F)cc5c43)cc2n1. The number of aryl methyl sites for hydroxylation is 1. The lowest BCUT2D eigenvalue weighted by Gasteiger charge is -2.33. The van der Waals surface area contributed by atoms with Gasteiger partial charge in [0.05, 0.1) is 35.7 Å². The lowest BCUT2D eigenvalue weighted by atomic mass is 9.95. The van der Waals surface area contributed by atoms with Gasteiger partial charge in [-0.15, -0.1) is 0 Å². The van der Waals surface area contributed by atoms with E-state index in [1.165, 1.54) is 4.90 Å². The Kier molecular flexibility index (Phi) is 4.37. The smallest absolute Gasteiger partial charge is 0.270 e. The van der Waals surface area contributed by atoms with Crippen LogP contribution in [-0.2, 0) is 11.3 Å². The van der Waals surface area contributed by atoms with Crippen LogP contribution >= 0.6 is 0 Å². The van der Waals surface area contributed by atoms with E-state index >= 15 is 0 Å². The monoisotopic (exact) mass is 424 g/mol. The summed E-state index contributed by atoms with van der Waals surface area (Å²) in [5.41, 5.74) is 3.02. The Hall–Kier alpha value is -3.59. The number of nitrogens with zero attached hydrogens (tertiary/aromatic N) is 2. The molecule has 158 valence electrons. The van der Waals surface area contributed by atoms with Crippen LogP contribution in [0.5, 0.6) is 0 Å². The highest BCUT2D eigenvalue weighted by molar-refractivity contribution is 5.97. The van der Waals surface area contributed by atoms with Crippen molar-refractivity contribution in [3.63, 3.8) is 0 Å². The summed E-state index contributed by atoms with van der Waals surface area (Å²) < 4.78 is 33.4. The Bertz CT molecular complexity index is 1430. The van der Waals surface area contributed by atoms with Gasteiger partial charge in [0, 0.05) is 24.0 Å². The predicted octanol–water partition coefficient (Wildman–Crippen LogP) is 3.33. The van der Waals surface area contributed by atoms with E-state index in [0.717, 1.165) is 23.3 Å². The van der Waals surface area contributed by atoms with Gasteiger partial charge in [0.25, 0.3) is 11.5 Å².